The smallest absolute Gasteiger partial charge is 0.268 e. The molecular formula is C17H13N5O. The third kappa shape index (κ3) is 2.69. The van der Waals surface area contributed by atoms with Gasteiger partial charge in [-0.3, -0.25) is 4.79 Å². The molecule has 1 amide bonds. The number of rotatable bonds is 2. The number of hydrogen-bond acceptors (Lipinski definition) is 5. The SMILES string of the molecule is N#CC(C(=O)Nc1ccccc1)=C1N=C(NN)c2ccccc21. The Kier molecular flexibility index (Phi) is 3.87. The number of carbonyl (C=O) groups is 1. The molecule has 4 N–H and O–H groups in total. The van der Waals surface area contributed by atoms with Crippen LogP contribution in [-0.4, -0.2) is 11.7 Å². The van der Waals surface area contributed by atoms with Crippen molar-refractivity contribution in [2.45, 2.75) is 0 Å². The number of para-hydroxylation sites is 1. The fourth-order valence-corrected chi connectivity index (χ4v) is 2.36. The van der Waals surface area contributed by atoms with Gasteiger partial charge in [-0.25, -0.2) is 10.8 Å². The molecule has 0 aromatic heterocycles. The molecule has 6 heteroatoms. The van der Waals surface area contributed by atoms with E-state index in [9.17, 15) is 10.1 Å². The van der Waals surface area contributed by atoms with Crippen LogP contribution in [0.5, 0.6) is 0 Å². The Balaban J connectivity index is 2.03. The third-order valence-electron chi connectivity index (χ3n) is 3.40. The van der Waals surface area contributed by atoms with Crippen molar-refractivity contribution in [3.8, 4) is 6.07 Å². The number of fused-ring (bicyclic) bond motifs is 1. The van der Waals surface area contributed by atoms with E-state index in [4.69, 9.17) is 5.84 Å². The van der Waals surface area contributed by atoms with Crippen LogP contribution >= 0.6 is 0 Å². The molecule has 1 heterocycles. The molecule has 0 radical (unpaired) electrons. The number of amidine groups is 1. The van der Waals surface area contributed by atoms with Gasteiger partial charge in [0.2, 0.25) is 0 Å². The highest BCUT2D eigenvalue weighted by atomic mass is 16.1. The minimum Gasteiger partial charge on any atom is -0.321 e. The molecule has 2 aromatic carbocycles. The first-order valence-corrected chi connectivity index (χ1v) is 6.90. The van der Waals surface area contributed by atoms with E-state index >= 15 is 0 Å². The number of hydrogen-bond donors (Lipinski definition) is 3. The van der Waals surface area contributed by atoms with E-state index in [1.54, 1.807) is 30.3 Å². The van der Waals surface area contributed by atoms with Crippen LogP contribution in [-0.2, 0) is 4.79 Å². The fourth-order valence-electron chi connectivity index (χ4n) is 2.36. The zero-order chi connectivity index (χ0) is 16.2. The Morgan fingerprint density at radius 2 is 1.70 bits per heavy atom. The molecule has 0 spiro atoms. The summed E-state index contributed by atoms with van der Waals surface area (Å²) in [6, 6.07) is 18.2. The Hall–Kier alpha value is -3.43. The first-order valence-electron chi connectivity index (χ1n) is 6.90. The summed E-state index contributed by atoms with van der Waals surface area (Å²) in [5.74, 6) is 5.38. The van der Waals surface area contributed by atoms with E-state index in [1.165, 1.54) is 0 Å². The second kappa shape index (κ2) is 6.13. The van der Waals surface area contributed by atoms with Crippen LogP contribution < -0.4 is 16.6 Å². The predicted octanol–water partition coefficient (Wildman–Crippen LogP) is 1.78. The van der Waals surface area contributed by atoms with Crippen molar-refractivity contribution in [2.24, 2.45) is 10.8 Å². The van der Waals surface area contributed by atoms with Crippen LogP contribution in [0, 0.1) is 11.3 Å². The topological polar surface area (TPSA) is 103 Å². The van der Waals surface area contributed by atoms with E-state index in [2.05, 4.69) is 15.7 Å². The lowest BCUT2D eigenvalue weighted by molar-refractivity contribution is -0.112. The van der Waals surface area contributed by atoms with E-state index in [0.717, 1.165) is 5.56 Å². The number of nitriles is 1. The lowest BCUT2D eigenvalue weighted by atomic mass is 10.0. The molecule has 0 aliphatic carbocycles. The van der Waals surface area contributed by atoms with Gasteiger partial charge in [0.05, 0.1) is 5.70 Å². The van der Waals surface area contributed by atoms with Crippen molar-refractivity contribution in [1.82, 2.24) is 5.43 Å². The number of nitrogens with one attached hydrogen (secondary N) is 2. The fraction of sp³-hybridized carbons (Fsp3) is 0. The van der Waals surface area contributed by atoms with Crippen LogP contribution in [0.3, 0.4) is 0 Å². The minimum atomic E-state index is -0.509. The maximum atomic E-state index is 12.4. The maximum absolute atomic E-state index is 12.4. The summed E-state index contributed by atoms with van der Waals surface area (Å²) in [6.07, 6.45) is 0. The van der Waals surface area contributed by atoms with Gasteiger partial charge in [-0.05, 0) is 12.1 Å². The average Bonchev–Trinajstić information content (AvgIpc) is 2.95. The molecule has 3 rings (SSSR count). The summed E-state index contributed by atoms with van der Waals surface area (Å²) < 4.78 is 0. The van der Waals surface area contributed by atoms with Gasteiger partial charge < -0.3 is 10.7 Å². The summed E-state index contributed by atoms with van der Waals surface area (Å²) in [4.78, 5) is 16.7. The van der Waals surface area contributed by atoms with Crippen molar-refractivity contribution in [3.63, 3.8) is 0 Å². The molecule has 0 saturated heterocycles. The second-order valence-electron chi connectivity index (χ2n) is 4.81. The third-order valence-corrected chi connectivity index (χ3v) is 3.40. The molecule has 6 nitrogen and oxygen atoms in total. The van der Waals surface area contributed by atoms with E-state index in [-0.39, 0.29) is 5.57 Å². The molecule has 0 atom stereocenters. The first-order chi connectivity index (χ1) is 11.2. The van der Waals surface area contributed by atoms with Gasteiger partial charge in [-0.1, -0.05) is 42.5 Å². The average molecular weight is 303 g/mol. The number of benzene rings is 2. The van der Waals surface area contributed by atoms with Gasteiger partial charge >= 0.3 is 0 Å². The molecule has 0 saturated carbocycles. The zero-order valence-corrected chi connectivity index (χ0v) is 12.1. The molecule has 0 unspecified atom stereocenters. The van der Waals surface area contributed by atoms with Crippen molar-refractivity contribution in [2.75, 3.05) is 5.32 Å². The Morgan fingerprint density at radius 3 is 2.35 bits per heavy atom. The highest BCUT2D eigenvalue weighted by molar-refractivity contribution is 6.17. The molecule has 2 aromatic rings. The Labute approximate surface area is 132 Å². The zero-order valence-electron chi connectivity index (χ0n) is 12.1. The molecule has 0 fully saturated rings. The standard InChI is InChI=1S/C17H13N5O/c18-10-14(17(23)20-11-6-2-1-3-7-11)15-12-8-4-5-9-13(12)16(21-15)22-19/h1-9H,19H2,(H,20,23)(H,21,22). The van der Waals surface area contributed by atoms with Crippen molar-refractivity contribution in [1.29, 1.82) is 5.26 Å². The molecule has 1 aliphatic heterocycles. The molecule has 112 valence electrons. The first kappa shape index (κ1) is 14.5. The lowest BCUT2D eigenvalue weighted by Gasteiger charge is -2.06. The summed E-state index contributed by atoms with van der Waals surface area (Å²) in [5, 5.41) is 12.1. The highest BCUT2D eigenvalue weighted by Crippen LogP contribution is 2.30. The number of nitrogens with zero attached hydrogens (tertiary/aromatic N) is 2. The Morgan fingerprint density at radius 1 is 1.04 bits per heavy atom. The molecule has 1 aliphatic rings. The van der Waals surface area contributed by atoms with Crippen LogP contribution in [0.25, 0.3) is 5.70 Å². The molecule has 23 heavy (non-hydrogen) atoms. The van der Waals surface area contributed by atoms with Crippen molar-refractivity contribution in [3.05, 3.63) is 71.3 Å². The predicted molar refractivity (Wildman–Crippen MR) is 87.9 cm³/mol. The highest BCUT2D eigenvalue weighted by Gasteiger charge is 2.25. The van der Waals surface area contributed by atoms with Crippen molar-refractivity contribution >= 4 is 23.1 Å². The number of carbonyl (C=O) groups excluding carboxylic acids is 1. The monoisotopic (exact) mass is 303 g/mol. The maximum Gasteiger partial charge on any atom is 0.268 e. The van der Waals surface area contributed by atoms with Gasteiger partial charge in [0.25, 0.3) is 5.91 Å². The van der Waals surface area contributed by atoms with Crippen LogP contribution in [0.4, 0.5) is 5.69 Å². The number of nitrogens with two attached hydrogens (primary N) is 1. The van der Waals surface area contributed by atoms with Gasteiger partial charge in [0.15, 0.2) is 0 Å². The van der Waals surface area contributed by atoms with Crippen molar-refractivity contribution < 1.29 is 4.79 Å². The quantitative estimate of drug-likeness (QED) is 0.340. The van der Waals surface area contributed by atoms with E-state index in [0.29, 0.717) is 22.8 Å². The summed E-state index contributed by atoms with van der Waals surface area (Å²) >= 11 is 0. The van der Waals surface area contributed by atoms with Crippen LogP contribution in [0.15, 0.2) is 65.2 Å². The van der Waals surface area contributed by atoms with Gasteiger partial charge in [0.1, 0.15) is 17.5 Å². The normalized spacial score (nSPS) is 14.3. The lowest BCUT2D eigenvalue weighted by Crippen LogP contribution is -2.29. The largest absolute Gasteiger partial charge is 0.321 e. The van der Waals surface area contributed by atoms with Crippen LogP contribution in [0.1, 0.15) is 11.1 Å². The summed E-state index contributed by atoms with van der Waals surface area (Å²) in [6.45, 7) is 0. The van der Waals surface area contributed by atoms with Crippen LogP contribution in [0.2, 0.25) is 0 Å². The molecule has 0 bridgehead atoms. The Bertz CT molecular complexity index is 862. The second-order valence-corrected chi connectivity index (χ2v) is 4.81. The van der Waals surface area contributed by atoms with Gasteiger partial charge in [-0.15, -0.1) is 0 Å². The van der Waals surface area contributed by atoms with E-state index < -0.39 is 5.91 Å². The minimum absolute atomic E-state index is 0.0634. The number of amides is 1. The van der Waals surface area contributed by atoms with E-state index in [1.807, 2.05) is 30.3 Å². The molecular weight excluding hydrogens is 290 g/mol. The van der Waals surface area contributed by atoms with Gasteiger partial charge in [-0.2, -0.15) is 5.26 Å². The van der Waals surface area contributed by atoms with Gasteiger partial charge in [0, 0.05) is 16.8 Å². The number of aliphatic imine (C=N–C) groups is 1. The summed E-state index contributed by atoms with van der Waals surface area (Å²) in [7, 11) is 0. The summed E-state index contributed by atoms with van der Waals surface area (Å²) in [5.41, 5.74) is 4.80. The number of hydrazine groups is 1. The number of anilines is 1.